The van der Waals surface area contributed by atoms with Gasteiger partial charge in [0.25, 0.3) is 0 Å². The number of hydrogen-bond acceptors (Lipinski definition) is 3. The molecule has 8 heteroatoms. The van der Waals surface area contributed by atoms with Gasteiger partial charge in [0.2, 0.25) is 0 Å². The average molecular weight is 232 g/mol. The van der Waals surface area contributed by atoms with Gasteiger partial charge < -0.3 is 0 Å². The van der Waals surface area contributed by atoms with E-state index < -0.39 is 17.9 Å². The Morgan fingerprint density at radius 2 is 1.81 bits per heavy atom. The van der Waals surface area contributed by atoms with Gasteiger partial charge in [-0.15, -0.1) is 23.0 Å². The molecule has 4 nitrogen and oxygen atoms in total. The zero-order valence-corrected chi connectivity index (χ0v) is 7.61. The van der Waals surface area contributed by atoms with Crippen molar-refractivity contribution in [3.63, 3.8) is 0 Å². The van der Waals surface area contributed by atoms with Crippen LogP contribution < -0.4 is 0 Å². The van der Waals surface area contributed by atoms with E-state index in [2.05, 4.69) is 15.5 Å². The maximum atomic E-state index is 13.2. The average Bonchev–Trinajstić information content (AvgIpc) is 2.66. The van der Waals surface area contributed by atoms with Crippen LogP contribution in [0.3, 0.4) is 0 Å². The number of aromatic nitrogens is 4. The van der Waals surface area contributed by atoms with E-state index in [0.29, 0.717) is 0 Å². The molecule has 0 saturated carbocycles. The van der Waals surface area contributed by atoms with Gasteiger partial charge in [0, 0.05) is 0 Å². The van der Waals surface area contributed by atoms with Gasteiger partial charge in [0.15, 0.2) is 5.82 Å². The zero-order valence-electron chi connectivity index (χ0n) is 7.61. The van der Waals surface area contributed by atoms with Crippen LogP contribution in [0.1, 0.15) is 0 Å². The topological polar surface area (TPSA) is 43.6 Å². The first kappa shape index (κ1) is 10.5. The molecular weight excluding hydrogens is 228 g/mol. The van der Waals surface area contributed by atoms with Crippen LogP contribution in [0.4, 0.5) is 17.6 Å². The molecule has 0 aliphatic carbocycles. The van der Waals surface area contributed by atoms with Crippen molar-refractivity contribution in [1.29, 1.82) is 0 Å². The summed E-state index contributed by atoms with van der Waals surface area (Å²) in [5, 5.41) is 8.81. The number of tetrazole rings is 1. The van der Waals surface area contributed by atoms with Crippen LogP contribution in [0.5, 0.6) is 0 Å². The monoisotopic (exact) mass is 232 g/mol. The molecule has 84 valence electrons. The number of halogens is 4. The Balaban J connectivity index is 2.58. The lowest BCUT2D eigenvalue weighted by atomic mass is 10.2. The second-order valence-corrected chi connectivity index (χ2v) is 2.86. The quantitative estimate of drug-likeness (QED) is 0.706. The van der Waals surface area contributed by atoms with Crippen LogP contribution in [-0.2, 0) is 6.30 Å². The van der Waals surface area contributed by atoms with Gasteiger partial charge in [-0.1, -0.05) is 12.1 Å². The Morgan fingerprint density at radius 1 is 1.12 bits per heavy atom. The Kier molecular flexibility index (Phi) is 2.33. The lowest BCUT2D eigenvalue weighted by molar-refractivity contribution is -0.212. The Morgan fingerprint density at radius 3 is 2.44 bits per heavy atom. The summed E-state index contributed by atoms with van der Waals surface area (Å²) in [6, 6.07) is 4.96. The van der Waals surface area contributed by atoms with E-state index in [9.17, 15) is 17.6 Å². The molecule has 0 N–H and O–H groups in total. The highest BCUT2D eigenvalue weighted by atomic mass is 19.4. The molecule has 0 amide bonds. The number of nitrogens with zero attached hydrogens (tertiary/aromatic N) is 4. The van der Waals surface area contributed by atoms with Gasteiger partial charge in [0.1, 0.15) is 5.82 Å². The molecule has 0 aliphatic heterocycles. The van der Waals surface area contributed by atoms with Crippen molar-refractivity contribution in [3.05, 3.63) is 30.1 Å². The minimum absolute atomic E-state index is 0.301. The van der Waals surface area contributed by atoms with E-state index in [1.807, 2.05) is 0 Å². The second-order valence-electron chi connectivity index (χ2n) is 2.86. The first-order valence-electron chi connectivity index (χ1n) is 4.10. The minimum Gasteiger partial charge on any atom is -0.206 e. The second kappa shape index (κ2) is 3.54. The Bertz CT molecular complexity index is 505. The fourth-order valence-electron chi connectivity index (χ4n) is 1.17. The third kappa shape index (κ3) is 1.73. The van der Waals surface area contributed by atoms with E-state index >= 15 is 0 Å². The minimum atomic E-state index is -4.78. The molecule has 1 aromatic heterocycles. The standard InChI is InChI=1S/C8H4F4N4/c9-6-4-2-1-3-5(6)7-13-14-15-16(7)8(10,11)12/h1-4H. The molecule has 0 unspecified atom stereocenters. The smallest absolute Gasteiger partial charge is 0.206 e. The molecule has 1 heterocycles. The third-order valence-electron chi connectivity index (χ3n) is 1.82. The van der Waals surface area contributed by atoms with Gasteiger partial charge in [-0.2, -0.15) is 0 Å². The summed E-state index contributed by atoms with van der Waals surface area (Å²) in [5.74, 6) is -1.49. The van der Waals surface area contributed by atoms with Crippen LogP contribution in [0, 0.1) is 5.82 Å². The van der Waals surface area contributed by atoms with Crippen molar-refractivity contribution in [3.8, 4) is 11.4 Å². The van der Waals surface area contributed by atoms with Crippen LogP contribution in [-0.4, -0.2) is 20.2 Å². The normalized spacial score (nSPS) is 11.8. The lowest BCUT2D eigenvalue weighted by Gasteiger charge is -2.07. The number of alkyl halides is 3. The molecule has 0 spiro atoms. The molecular formula is C8H4F4N4. The number of benzene rings is 1. The zero-order chi connectivity index (χ0) is 11.8. The van der Waals surface area contributed by atoms with Crippen LogP contribution in [0.15, 0.2) is 24.3 Å². The molecule has 0 fully saturated rings. The molecule has 2 aromatic rings. The highest BCUT2D eigenvalue weighted by Crippen LogP contribution is 2.27. The molecule has 0 atom stereocenters. The number of hydrogen-bond donors (Lipinski definition) is 0. The number of rotatable bonds is 1. The Labute approximate surface area is 86.5 Å². The van der Waals surface area contributed by atoms with E-state index in [-0.39, 0.29) is 10.2 Å². The van der Waals surface area contributed by atoms with Crippen LogP contribution >= 0.6 is 0 Å². The van der Waals surface area contributed by atoms with Crippen molar-refractivity contribution >= 4 is 0 Å². The van der Waals surface area contributed by atoms with Gasteiger partial charge >= 0.3 is 6.30 Å². The fourth-order valence-corrected chi connectivity index (χ4v) is 1.17. The maximum Gasteiger partial charge on any atom is 0.507 e. The first-order chi connectivity index (χ1) is 7.50. The lowest BCUT2D eigenvalue weighted by Crippen LogP contribution is -2.19. The largest absolute Gasteiger partial charge is 0.507 e. The summed E-state index contributed by atoms with van der Waals surface area (Å²) < 4.78 is 50.1. The van der Waals surface area contributed by atoms with E-state index in [1.54, 1.807) is 0 Å². The van der Waals surface area contributed by atoms with E-state index in [1.165, 1.54) is 18.2 Å². The van der Waals surface area contributed by atoms with Crippen molar-refractivity contribution in [1.82, 2.24) is 20.2 Å². The molecule has 1 aromatic carbocycles. The molecule has 2 rings (SSSR count). The van der Waals surface area contributed by atoms with Crippen molar-refractivity contribution in [2.75, 3.05) is 0 Å². The SMILES string of the molecule is Fc1ccccc1-c1nnnn1C(F)(F)F. The summed E-state index contributed by atoms with van der Waals surface area (Å²) >= 11 is 0. The van der Waals surface area contributed by atoms with Gasteiger partial charge in [-0.05, 0) is 22.6 Å². The Hall–Kier alpha value is -1.99. The molecule has 0 bridgehead atoms. The van der Waals surface area contributed by atoms with E-state index in [4.69, 9.17) is 0 Å². The summed E-state index contributed by atoms with van der Waals surface area (Å²) in [7, 11) is 0. The van der Waals surface area contributed by atoms with Crippen LogP contribution in [0.25, 0.3) is 11.4 Å². The molecule has 0 aliphatic rings. The summed E-state index contributed by atoms with van der Waals surface area (Å²) in [6.07, 6.45) is -4.78. The van der Waals surface area contributed by atoms with Crippen molar-refractivity contribution in [2.24, 2.45) is 0 Å². The van der Waals surface area contributed by atoms with Crippen LogP contribution in [0.2, 0.25) is 0 Å². The summed E-state index contributed by atoms with van der Waals surface area (Å²) in [6.45, 7) is 0. The molecule has 16 heavy (non-hydrogen) atoms. The first-order valence-corrected chi connectivity index (χ1v) is 4.10. The molecule has 0 radical (unpaired) electrons. The highest BCUT2D eigenvalue weighted by Gasteiger charge is 2.36. The highest BCUT2D eigenvalue weighted by molar-refractivity contribution is 5.55. The van der Waals surface area contributed by atoms with Crippen molar-refractivity contribution in [2.45, 2.75) is 6.30 Å². The third-order valence-corrected chi connectivity index (χ3v) is 1.82. The van der Waals surface area contributed by atoms with Crippen molar-refractivity contribution < 1.29 is 17.6 Å². The summed E-state index contributed by atoms with van der Waals surface area (Å²) in [5.41, 5.74) is -0.301. The molecule has 0 saturated heterocycles. The maximum absolute atomic E-state index is 13.2. The fraction of sp³-hybridized carbons (Fsp3) is 0.125. The van der Waals surface area contributed by atoms with Gasteiger partial charge in [-0.3, -0.25) is 0 Å². The predicted molar refractivity (Wildman–Crippen MR) is 44.5 cm³/mol. The van der Waals surface area contributed by atoms with Gasteiger partial charge in [0.05, 0.1) is 5.56 Å². The summed E-state index contributed by atoms with van der Waals surface area (Å²) in [4.78, 5) is 0. The van der Waals surface area contributed by atoms with E-state index in [0.717, 1.165) is 6.07 Å². The van der Waals surface area contributed by atoms with Gasteiger partial charge in [-0.25, -0.2) is 4.39 Å². The predicted octanol–water partition coefficient (Wildman–Crippen LogP) is 1.96.